The molecule has 0 saturated carbocycles. The van der Waals surface area contributed by atoms with Gasteiger partial charge in [-0.1, -0.05) is 35.5 Å². The van der Waals surface area contributed by atoms with Gasteiger partial charge in [-0.2, -0.15) is 4.91 Å². The van der Waals surface area contributed by atoms with E-state index in [0.29, 0.717) is 18.0 Å². The third kappa shape index (κ3) is 2.63. The van der Waals surface area contributed by atoms with Crippen LogP contribution in [0.25, 0.3) is 5.65 Å². The summed E-state index contributed by atoms with van der Waals surface area (Å²) in [6.07, 6.45) is 1.87. The minimum Gasteiger partial charge on any atom is -0.485 e. The number of nitroso groups, excluding NO2 is 1. The number of pyridine rings is 1. The minimum atomic E-state index is 0.106. The molecule has 0 fully saturated rings. The summed E-state index contributed by atoms with van der Waals surface area (Å²) in [5, 5.41) is 2.96. The number of hydrogen-bond acceptors (Lipinski definition) is 4. The van der Waals surface area contributed by atoms with Gasteiger partial charge in [0.15, 0.2) is 11.4 Å². The van der Waals surface area contributed by atoms with Crippen LogP contribution in [0.4, 0.5) is 0 Å². The van der Waals surface area contributed by atoms with E-state index < -0.39 is 0 Å². The summed E-state index contributed by atoms with van der Waals surface area (Å²) in [5.41, 5.74) is 3.40. The van der Waals surface area contributed by atoms with Gasteiger partial charge >= 0.3 is 0 Å². The van der Waals surface area contributed by atoms with E-state index in [0.717, 1.165) is 17.0 Å². The van der Waals surface area contributed by atoms with Crippen LogP contribution in [0, 0.1) is 11.8 Å². The minimum absolute atomic E-state index is 0.106. The van der Waals surface area contributed by atoms with Crippen LogP contribution in [0.1, 0.15) is 17.0 Å². The maximum atomic E-state index is 10.5. The molecule has 0 aliphatic rings. The average molecular weight is 281 g/mol. The number of ether oxygens (including phenoxy) is 1. The van der Waals surface area contributed by atoms with Crippen molar-refractivity contribution in [2.75, 3.05) is 0 Å². The molecule has 0 aliphatic heterocycles. The highest BCUT2D eigenvalue weighted by atomic mass is 16.5. The Kier molecular flexibility index (Phi) is 3.64. The van der Waals surface area contributed by atoms with Gasteiger partial charge in [-0.15, -0.1) is 0 Å². The second-order valence-corrected chi connectivity index (χ2v) is 4.77. The zero-order valence-corrected chi connectivity index (χ0v) is 11.7. The Labute approximate surface area is 122 Å². The van der Waals surface area contributed by atoms with Crippen molar-refractivity contribution in [3.8, 4) is 5.75 Å². The number of hydrogen-bond donors (Lipinski definition) is 0. The van der Waals surface area contributed by atoms with Crippen LogP contribution in [-0.2, 0) is 13.2 Å². The van der Waals surface area contributed by atoms with Gasteiger partial charge in [-0.25, -0.2) is 4.98 Å². The lowest BCUT2D eigenvalue weighted by atomic mass is 10.2. The van der Waals surface area contributed by atoms with E-state index >= 15 is 0 Å². The predicted octanol–water partition coefficient (Wildman–Crippen LogP) is 3.49. The first kappa shape index (κ1) is 13.3. The number of benzene rings is 1. The fourth-order valence-electron chi connectivity index (χ4n) is 2.30. The average Bonchev–Trinajstić information content (AvgIpc) is 2.83. The third-order valence-corrected chi connectivity index (χ3v) is 3.36. The van der Waals surface area contributed by atoms with E-state index in [-0.39, 0.29) is 6.54 Å². The Morgan fingerprint density at radius 2 is 2.00 bits per heavy atom. The van der Waals surface area contributed by atoms with Gasteiger partial charge in [0, 0.05) is 6.20 Å². The van der Waals surface area contributed by atoms with Crippen LogP contribution in [0.2, 0.25) is 0 Å². The highest BCUT2D eigenvalue weighted by molar-refractivity contribution is 5.56. The zero-order valence-electron chi connectivity index (χ0n) is 11.7. The van der Waals surface area contributed by atoms with E-state index in [2.05, 4.69) is 10.2 Å². The van der Waals surface area contributed by atoms with Crippen molar-refractivity contribution in [3.05, 3.63) is 70.5 Å². The third-order valence-electron chi connectivity index (χ3n) is 3.36. The van der Waals surface area contributed by atoms with Gasteiger partial charge in [0.05, 0.1) is 11.4 Å². The van der Waals surface area contributed by atoms with Crippen molar-refractivity contribution in [1.82, 2.24) is 9.38 Å². The van der Waals surface area contributed by atoms with Gasteiger partial charge < -0.3 is 4.74 Å². The maximum Gasteiger partial charge on any atom is 0.180 e. The summed E-state index contributed by atoms with van der Waals surface area (Å²) >= 11 is 0. The first-order valence-electron chi connectivity index (χ1n) is 6.72. The Morgan fingerprint density at radius 1 is 1.19 bits per heavy atom. The monoisotopic (exact) mass is 281 g/mol. The van der Waals surface area contributed by atoms with Crippen molar-refractivity contribution in [3.63, 3.8) is 0 Å². The second kappa shape index (κ2) is 5.75. The summed E-state index contributed by atoms with van der Waals surface area (Å²) in [4.78, 5) is 15.0. The van der Waals surface area contributed by atoms with Crippen molar-refractivity contribution in [2.45, 2.75) is 20.1 Å². The number of nitrogens with zero attached hydrogens (tertiary/aromatic N) is 3. The Balaban J connectivity index is 1.92. The molecule has 5 nitrogen and oxygen atoms in total. The summed E-state index contributed by atoms with van der Waals surface area (Å²) in [6.45, 7) is 2.46. The molecule has 106 valence electrons. The highest BCUT2D eigenvalue weighted by Crippen LogP contribution is 2.23. The van der Waals surface area contributed by atoms with E-state index in [4.69, 9.17) is 4.74 Å². The number of aryl methyl sites for hydroxylation is 1. The predicted molar refractivity (Wildman–Crippen MR) is 80.2 cm³/mol. The normalized spacial score (nSPS) is 10.7. The quantitative estimate of drug-likeness (QED) is 0.673. The molecule has 5 heteroatoms. The lowest BCUT2D eigenvalue weighted by molar-refractivity contribution is 0.308. The number of rotatable bonds is 5. The first-order valence-corrected chi connectivity index (χ1v) is 6.72. The van der Waals surface area contributed by atoms with Crippen molar-refractivity contribution in [2.24, 2.45) is 5.18 Å². The van der Waals surface area contributed by atoms with Crippen LogP contribution < -0.4 is 4.74 Å². The van der Waals surface area contributed by atoms with E-state index in [1.54, 1.807) is 0 Å². The molecule has 3 aromatic rings. The second-order valence-electron chi connectivity index (χ2n) is 4.77. The first-order chi connectivity index (χ1) is 10.3. The Morgan fingerprint density at radius 3 is 2.76 bits per heavy atom. The molecule has 0 saturated heterocycles. The molecule has 0 aliphatic carbocycles. The molecule has 0 atom stereocenters. The van der Waals surface area contributed by atoms with Gasteiger partial charge in [0.1, 0.15) is 13.2 Å². The Hall–Kier alpha value is -2.69. The van der Waals surface area contributed by atoms with Crippen LogP contribution in [-0.4, -0.2) is 9.38 Å². The molecule has 0 radical (unpaired) electrons. The van der Waals surface area contributed by atoms with Crippen molar-refractivity contribution in [1.29, 1.82) is 0 Å². The maximum absolute atomic E-state index is 10.5. The van der Waals surface area contributed by atoms with Gasteiger partial charge in [0.2, 0.25) is 0 Å². The van der Waals surface area contributed by atoms with E-state index in [1.807, 2.05) is 60.0 Å². The van der Waals surface area contributed by atoms with Gasteiger partial charge in [-0.3, -0.25) is 4.40 Å². The summed E-state index contributed by atoms with van der Waals surface area (Å²) < 4.78 is 7.72. The summed E-state index contributed by atoms with van der Waals surface area (Å²) in [7, 11) is 0. The van der Waals surface area contributed by atoms with Gasteiger partial charge in [0.25, 0.3) is 0 Å². The van der Waals surface area contributed by atoms with E-state index in [1.165, 1.54) is 0 Å². The van der Waals surface area contributed by atoms with Gasteiger partial charge in [-0.05, 0) is 24.6 Å². The van der Waals surface area contributed by atoms with Crippen molar-refractivity contribution < 1.29 is 4.74 Å². The number of fused-ring (bicyclic) bond motifs is 1. The zero-order chi connectivity index (χ0) is 14.7. The lowest BCUT2D eigenvalue weighted by Crippen LogP contribution is -1.98. The Bertz CT molecular complexity index is 766. The van der Waals surface area contributed by atoms with Crippen LogP contribution in [0.15, 0.2) is 53.8 Å². The van der Waals surface area contributed by atoms with Crippen LogP contribution in [0.3, 0.4) is 0 Å². The number of aromatic nitrogens is 2. The van der Waals surface area contributed by atoms with Crippen LogP contribution >= 0.6 is 0 Å². The SMILES string of the molecule is Cc1nc2c(OCc3ccccc3)cccn2c1CN=O. The molecule has 2 aromatic heterocycles. The van der Waals surface area contributed by atoms with Crippen LogP contribution in [0.5, 0.6) is 5.75 Å². The standard InChI is InChI=1S/C16H15N3O2/c1-12-14(10-17-20)19-9-5-8-15(16(19)18-12)21-11-13-6-3-2-4-7-13/h2-9H,10-11H2,1H3. The largest absolute Gasteiger partial charge is 0.485 e. The molecular formula is C16H15N3O2. The lowest BCUT2D eigenvalue weighted by Gasteiger charge is -2.07. The molecule has 3 rings (SSSR count). The smallest absolute Gasteiger partial charge is 0.180 e. The molecular weight excluding hydrogens is 266 g/mol. The number of imidazole rings is 1. The van der Waals surface area contributed by atoms with E-state index in [9.17, 15) is 4.91 Å². The molecule has 21 heavy (non-hydrogen) atoms. The molecule has 2 heterocycles. The highest BCUT2D eigenvalue weighted by Gasteiger charge is 2.12. The summed E-state index contributed by atoms with van der Waals surface area (Å²) in [5.74, 6) is 0.696. The molecule has 0 spiro atoms. The molecule has 0 bridgehead atoms. The molecule has 0 N–H and O–H groups in total. The molecule has 1 aromatic carbocycles. The molecule has 0 amide bonds. The topological polar surface area (TPSA) is 56.0 Å². The fourth-order valence-corrected chi connectivity index (χ4v) is 2.30. The molecule has 0 unspecified atom stereocenters. The summed E-state index contributed by atoms with van der Waals surface area (Å²) in [6, 6.07) is 13.7. The fraction of sp³-hybridized carbons (Fsp3) is 0.188. The van der Waals surface area contributed by atoms with Crippen molar-refractivity contribution >= 4 is 5.65 Å².